The van der Waals surface area contributed by atoms with Crippen LogP contribution in [0.3, 0.4) is 0 Å². The third-order valence-electron chi connectivity index (χ3n) is 8.14. The largest absolute Gasteiger partial charge is 2.00 e. The predicted octanol–water partition coefficient (Wildman–Crippen LogP) is 8.48. The molecule has 0 saturated carbocycles. The van der Waals surface area contributed by atoms with Crippen molar-refractivity contribution < 1.29 is 25.9 Å². The van der Waals surface area contributed by atoms with Gasteiger partial charge in [-0.05, 0) is 107 Å². The maximum atomic E-state index is 11.6. The SMILES string of the molecule is CCCCc1cccc2c(CCCC)c(S(=O)(=O)[O-])ccc12.CCCCc1cccc2c(CCCC)c(S(=O)(=O)[O-])ccc12.[Ca+2]. The molecule has 0 aliphatic carbocycles. The van der Waals surface area contributed by atoms with E-state index in [1.165, 1.54) is 23.3 Å². The third-order valence-corrected chi connectivity index (χ3v) is 9.98. The quantitative estimate of drug-likeness (QED) is 0.0976. The molecule has 0 fully saturated rings. The first kappa shape index (κ1) is 39.7. The molecule has 45 heavy (non-hydrogen) atoms. The molecule has 0 heterocycles. The van der Waals surface area contributed by atoms with Crippen molar-refractivity contribution in [3.63, 3.8) is 0 Å². The number of fused-ring (bicyclic) bond motifs is 2. The maximum Gasteiger partial charge on any atom is 2.00 e. The normalized spacial score (nSPS) is 11.7. The molecule has 0 radical (unpaired) electrons. The minimum Gasteiger partial charge on any atom is -0.744 e. The summed E-state index contributed by atoms with van der Waals surface area (Å²) >= 11 is 0. The van der Waals surface area contributed by atoms with Crippen molar-refractivity contribution in [1.82, 2.24) is 0 Å². The second-order valence-corrected chi connectivity index (χ2v) is 14.1. The molecule has 0 atom stereocenters. The Balaban J connectivity index is 0.000000307. The van der Waals surface area contributed by atoms with Crippen molar-refractivity contribution in [3.05, 3.63) is 82.9 Å². The molecule has 0 amide bonds. The van der Waals surface area contributed by atoms with Crippen LogP contribution in [0.15, 0.2) is 70.5 Å². The Bertz CT molecular complexity index is 1630. The van der Waals surface area contributed by atoms with Gasteiger partial charge in [-0.25, -0.2) is 16.8 Å². The van der Waals surface area contributed by atoms with Crippen LogP contribution in [0.25, 0.3) is 21.5 Å². The fourth-order valence-corrected chi connectivity index (χ4v) is 7.29. The molecule has 0 bridgehead atoms. The minimum absolute atomic E-state index is 0. The predicted molar refractivity (Wildman–Crippen MR) is 184 cm³/mol. The van der Waals surface area contributed by atoms with Crippen LogP contribution in [0.5, 0.6) is 0 Å². The molecular weight excluding hydrogens is 633 g/mol. The van der Waals surface area contributed by atoms with E-state index in [-0.39, 0.29) is 47.5 Å². The first-order chi connectivity index (χ1) is 21.0. The van der Waals surface area contributed by atoms with Gasteiger partial charge in [-0.3, -0.25) is 0 Å². The van der Waals surface area contributed by atoms with Gasteiger partial charge in [0.25, 0.3) is 0 Å². The van der Waals surface area contributed by atoms with Gasteiger partial charge in [0.1, 0.15) is 20.2 Å². The van der Waals surface area contributed by atoms with Crippen LogP contribution in [-0.2, 0) is 45.9 Å². The number of hydrogen-bond acceptors (Lipinski definition) is 6. The Morgan fingerprint density at radius 2 is 0.800 bits per heavy atom. The number of unbranched alkanes of at least 4 members (excludes halogenated alkanes) is 4. The molecule has 6 nitrogen and oxygen atoms in total. The fourth-order valence-electron chi connectivity index (χ4n) is 5.79. The summed E-state index contributed by atoms with van der Waals surface area (Å²) < 4.78 is 69.4. The van der Waals surface area contributed by atoms with Crippen LogP contribution >= 0.6 is 0 Å². The number of aryl methyl sites for hydroxylation is 4. The van der Waals surface area contributed by atoms with Crippen molar-refractivity contribution in [2.45, 2.75) is 115 Å². The zero-order chi connectivity index (χ0) is 32.3. The second kappa shape index (κ2) is 18.7. The average molecular weight is 679 g/mol. The van der Waals surface area contributed by atoms with Gasteiger partial charge in [-0.2, -0.15) is 0 Å². The summed E-state index contributed by atoms with van der Waals surface area (Å²) in [6.45, 7) is 8.42. The summed E-state index contributed by atoms with van der Waals surface area (Å²) in [4.78, 5) is -0.109. The van der Waals surface area contributed by atoms with E-state index in [2.05, 4.69) is 39.8 Å². The van der Waals surface area contributed by atoms with E-state index in [1.54, 1.807) is 12.1 Å². The Hall–Kier alpha value is -1.52. The molecule has 0 spiro atoms. The zero-order valence-corrected chi connectivity index (χ0v) is 31.1. The standard InChI is InChI=1S/2C18H24O3S.Ca/c2*1-3-5-8-14-9-7-11-16-15(14)12-13-18(22(19,20)21)17(16)10-6-4-2;/h2*7,9,11-13H,3-6,8,10H2,1-2H3,(H,19,20,21);/q;;+2/p-2. The van der Waals surface area contributed by atoms with Gasteiger partial charge in [0.05, 0.1) is 9.79 Å². The Morgan fingerprint density at radius 1 is 0.467 bits per heavy atom. The Kier molecular flexibility index (Phi) is 16.5. The molecule has 4 aromatic carbocycles. The first-order valence-corrected chi connectivity index (χ1v) is 18.8. The van der Waals surface area contributed by atoms with Crippen LogP contribution < -0.4 is 0 Å². The average Bonchev–Trinajstić information content (AvgIpc) is 2.99. The first-order valence-electron chi connectivity index (χ1n) is 16.0. The minimum atomic E-state index is -4.44. The van der Waals surface area contributed by atoms with Crippen molar-refractivity contribution >= 4 is 79.5 Å². The molecule has 0 saturated heterocycles. The monoisotopic (exact) mass is 678 g/mol. The smallest absolute Gasteiger partial charge is 0.744 e. The third kappa shape index (κ3) is 10.7. The van der Waals surface area contributed by atoms with E-state index in [1.807, 2.05) is 24.3 Å². The van der Waals surface area contributed by atoms with E-state index in [9.17, 15) is 25.9 Å². The van der Waals surface area contributed by atoms with E-state index in [0.29, 0.717) is 24.0 Å². The van der Waals surface area contributed by atoms with Gasteiger partial charge < -0.3 is 9.11 Å². The number of hydrogen-bond donors (Lipinski definition) is 0. The second-order valence-electron chi connectivity index (χ2n) is 11.4. The molecule has 0 N–H and O–H groups in total. The molecule has 0 aliphatic heterocycles. The maximum absolute atomic E-state index is 11.6. The molecule has 9 heteroatoms. The summed E-state index contributed by atoms with van der Waals surface area (Å²) in [7, 11) is -8.87. The molecule has 0 unspecified atom stereocenters. The molecule has 4 aromatic rings. The Labute approximate surface area is 300 Å². The number of rotatable bonds is 14. The zero-order valence-electron chi connectivity index (χ0n) is 27.2. The van der Waals surface area contributed by atoms with Crippen LogP contribution in [0.1, 0.15) is 101 Å². The molecule has 0 aliphatic rings. The van der Waals surface area contributed by atoms with Gasteiger partial charge in [-0.1, -0.05) is 102 Å². The topological polar surface area (TPSA) is 114 Å². The van der Waals surface area contributed by atoms with Gasteiger partial charge >= 0.3 is 37.7 Å². The molecule has 4 rings (SSSR count). The van der Waals surface area contributed by atoms with Crippen LogP contribution in [0.4, 0.5) is 0 Å². The van der Waals surface area contributed by atoms with Crippen LogP contribution in [0.2, 0.25) is 0 Å². The summed E-state index contributed by atoms with van der Waals surface area (Å²) in [5.41, 5.74) is 3.83. The van der Waals surface area contributed by atoms with E-state index in [0.717, 1.165) is 85.8 Å². The van der Waals surface area contributed by atoms with Gasteiger partial charge in [0.15, 0.2) is 0 Å². The Morgan fingerprint density at radius 3 is 1.11 bits per heavy atom. The van der Waals surface area contributed by atoms with E-state index in [4.69, 9.17) is 0 Å². The molecule has 240 valence electrons. The van der Waals surface area contributed by atoms with Crippen molar-refractivity contribution in [2.24, 2.45) is 0 Å². The summed E-state index contributed by atoms with van der Waals surface area (Å²) in [6, 6.07) is 18.5. The summed E-state index contributed by atoms with van der Waals surface area (Å²) in [6.07, 6.45) is 11.3. The fraction of sp³-hybridized carbons (Fsp3) is 0.444. The van der Waals surface area contributed by atoms with Crippen LogP contribution in [-0.4, -0.2) is 63.7 Å². The van der Waals surface area contributed by atoms with Gasteiger partial charge in [0, 0.05) is 0 Å². The van der Waals surface area contributed by atoms with Crippen molar-refractivity contribution in [3.8, 4) is 0 Å². The van der Waals surface area contributed by atoms with Crippen LogP contribution in [0, 0.1) is 0 Å². The summed E-state index contributed by atoms with van der Waals surface area (Å²) in [5, 5.41) is 3.99. The van der Waals surface area contributed by atoms with E-state index >= 15 is 0 Å². The van der Waals surface area contributed by atoms with E-state index < -0.39 is 20.2 Å². The van der Waals surface area contributed by atoms with Crippen molar-refractivity contribution in [2.75, 3.05) is 0 Å². The van der Waals surface area contributed by atoms with Gasteiger partial charge in [-0.15, -0.1) is 0 Å². The van der Waals surface area contributed by atoms with Gasteiger partial charge in [0.2, 0.25) is 0 Å². The molecular formula is C36H46CaO6S2. The summed E-state index contributed by atoms with van der Waals surface area (Å²) in [5.74, 6) is 0. The number of benzene rings is 4. The van der Waals surface area contributed by atoms with Crippen molar-refractivity contribution in [1.29, 1.82) is 0 Å². The molecule has 0 aromatic heterocycles.